The van der Waals surface area contributed by atoms with Crippen molar-refractivity contribution in [1.82, 2.24) is 9.97 Å². The lowest BCUT2D eigenvalue weighted by Crippen LogP contribution is -2.23. The van der Waals surface area contributed by atoms with Crippen LogP contribution in [0.2, 0.25) is 0 Å². The number of nitrogens with zero attached hydrogens (tertiary/aromatic N) is 2. The van der Waals surface area contributed by atoms with Gasteiger partial charge in [0.05, 0.1) is 12.7 Å². The van der Waals surface area contributed by atoms with E-state index in [-0.39, 0.29) is 18.6 Å². The summed E-state index contributed by atoms with van der Waals surface area (Å²) in [5, 5.41) is 2.72. The standard InChI is InChI=1S/C13H19N3O3/c1-9-6-14-10(2)15-13(9)16-12(17)8-18-7-11-4-3-5-19-11/h6,11H,3-5,7-8H2,1-2H3,(H,14,15,16,17). The molecular weight excluding hydrogens is 246 g/mol. The van der Waals surface area contributed by atoms with Crippen LogP contribution in [0, 0.1) is 13.8 Å². The summed E-state index contributed by atoms with van der Waals surface area (Å²) < 4.78 is 10.8. The van der Waals surface area contributed by atoms with E-state index in [1.165, 1.54) is 0 Å². The highest BCUT2D eigenvalue weighted by molar-refractivity contribution is 5.91. The van der Waals surface area contributed by atoms with Gasteiger partial charge in [0.1, 0.15) is 18.2 Å². The summed E-state index contributed by atoms with van der Waals surface area (Å²) in [5.41, 5.74) is 0.832. The summed E-state index contributed by atoms with van der Waals surface area (Å²) in [6, 6.07) is 0. The van der Waals surface area contributed by atoms with Crippen LogP contribution in [0.15, 0.2) is 6.20 Å². The number of amides is 1. The predicted octanol–water partition coefficient (Wildman–Crippen LogP) is 1.23. The maximum Gasteiger partial charge on any atom is 0.251 e. The number of carbonyl (C=O) groups is 1. The molecule has 1 fully saturated rings. The van der Waals surface area contributed by atoms with E-state index in [2.05, 4.69) is 15.3 Å². The first-order valence-electron chi connectivity index (χ1n) is 6.44. The van der Waals surface area contributed by atoms with Crippen molar-refractivity contribution in [3.05, 3.63) is 17.6 Å². The molecule has 1 aromatic heterocycles. The third-order valence-corrected chi connectivity index (χ3v) is 2.91. The smallest absolute Gasteiger partial charge is 0.251 e. The van der Waals surface area contributed by atoms with Crippen LogP contribution in [0.3, 0.4) is 0 Å². The maximum atomic E-state index is 11.7. The molecule has 19 heavy (non-hydrogen) atoms. The highest BCUT2D eigenvalue weighted by Crippen LogP contribution is 2.12. The molecule has 0 saturated carbocycles. The zero-order chi connectivity index (χ0) is 13.7. The molecule has 1 atom stereocenters. The maximum absolute atomic E-state index is 11.7. The number of aryl methyl sites for hydroxylation is 2. The quantitative estimate of drug-likeness (QED) is 0.866. The average Bonchev–Trinajstić information content (AvgIpc) is 2.87. The summed E-state index contributed by atoms with van der Waals surface area (Å²) in [5.74, 6) is 0.957. The molecule has 1 unspecified atom stereocenters. The Morgan fingerprint density at radius 1 is 1.58 bits per heavy atom. The van der Waals surface area contributed by atoms with Gasteiger partial charge in [0, 0.05) is 18.4 Å². The van der Waals surface area contributed by atoms with E-state index < -0.39 is 0 Å². The van der Waals surface area contributed by atoms with Crippen LogP contribution in [0.5, 0.6) is 0 Å². The largest absolute Gasteiger partial charge is 0.376 e. The fourth-order valence-electron chi connectivity index (χ4n) is 1.88. The van der Waals surface area contributed by atoms with E-state index in [0.29, 0.717) is 18.2 Å². The highest BCUT2D eigenvalue weighted by Gasteiger charge is 2.16. The lowest BCUT2D eigenvalue weighted by atomic mass is 10.2. The SMILES string of the molecule is Cc1ncc(C)c(NC(=O)COCC2CCCO2)n1. The third kappa shape index (κ3) is 4.25. The van der Waals surface area contributed by atoms with Gasteiger partial charge < -0.3 is 14.8 Å². The Kier molecular flexibility index (Phi) is 4.81. The van der Waals surface area contributed by atoms with E-state index in [4.69, 9.17) is 9.47 Å². The molecule has 0 bridgehead atoms. The van der Waals surface area contributed by atoms with Crippen LogP contribution in [-0.2, 0) is 14.3 Å². The van der Waals surface area contributed by atoms with Crippen molar-refractivity contribution in [2.75, 3.05) is 25.1 Å². The van der Waals surface area contributed by atoms with Crippen LogP contribution < -0.4 is 5.32 Å². The molecule has 0 spiro atoms. The Bertz CT molecular complexity index is 445. The Morgan fingerprint density at radius 2 is 2.42 bits per heavy atom. The Hall–Kier alpha value is -1.53. The van der Waals surface area contributed by atoms with Gasteiger partial charge in [-0.05, 0) is 26.7 Å². The molecule has 1 saturated heterocycles. The van der Waals surface area contributed by atoms with Crippen molar-refractivity contribution in [2.45, 2.75) is 32.8 Å². The van der Waals surface area contributed by atoms with Gasteiger partial charge in [0.25, 0.3) is 5.91 Å². The van der Waals surface area contributed by atoms with Gasteiger partial charge in [-0.1, -0.05) is 0 Å². The topological polar surface area (TPSA) is 73.3 Å². The first-order valence-corrected chi connectivity index (χ1v) is 6.44. The number of nitrogens with one attached hydrogen (secondary N) is 1. The molecule has 104 valence electrons. The van der Waals surface area contributed by atoms with Crippen molar-refractivity contribution in [1.29, 1.82) is 0 Å². The van der Waals surface area contributed by atoms with E-state index >= 15 is 0 Å². The van der Waals surface area contributed by atoms with Crippen LogP contribution in [0.1, 0.15) is 24.2 Å². The Labute approximate surface area is 112 Å². The number of anilines is 1. The van der Waals surface area contributed by atoms with Gasteiger partial charge in [0.2, 0.25) is 0 Å². The summed E-state index contributed by atoms with van der Waals surface area (Å²) >= 11 is 0. The van der Waals surface area contributed by atoms with Crippen molar-refractivity contribution in [2.24, 2.45) is 0 Å². The van der Waals surface area contributed by atoms with Gasteiger partial charge in [0.15, 0.2) is 0 Å². The number of aromatic nitrogens is 2. The van der Waals surface area contributed by atoms with Crippen LogP contribution >= 0.6 is 0 Å². The minimum Gasteiger partial charge on any atom is -0.376 e. The van der Waals surface area contributed by atoms with Crippen LogP contribution in [0.4, 0.5) is 5.82 Å². The first kappa shape index (κ1) is 13.9. The molecule has 0 aromatic carbocycles. The summed E-state index contributed by atoms with van der Waals surface area (Å²) in [4.78, 5) is 19.9. The second-order valence-corrected chi connectivity index (χ2v) is 4.65. The second-order valence-electron chi connectivity index (χ2n) is 4.65. The monoisotopic (exact) mass is 265 g/mol. The van der Waals surface area contributed by atoms with Crippen LogP contribution in [-0.4, -0.2) is 41.8 Å². The molecule has 0 radical (unpaired) electrons. The van der Waals surface area contributed by atoms with Gasteiger partial charge in [-0.25, -0.2) is 9.97 Å². The molecule has 1 aliphatic heterocycles. The van der Waals surface area contributed by atoms with Crippen molar-refractivity contribution in [3.8, 4) is 0 Å². The highest BCUT2D eigenvalue weighted by atomic mass is 16.5. The zero-order valence-electron chi connectivity index (χ0n) is 11.3. The molecule has 6 nitrogen and oxygen atoms in total. The zero-order valence-corrected chi connectivity index (χ0v) is 11.3. The molecule has 1 aromatic rings. The van der Waals surface area contributed by atoms with Crippen molar-refractivity contribution in [3.63, 3.8) is 0 Å². The Balaban J connectivity index is 1.75. The van der Waals surface area contributed by atoms with Gasteiger partial charge in [-0.3, -0.25) is 4.79 Å². The van der Waals surface area contributed by atoms with Gasteiger partial charge >= 0.3 is 0 Å². The minimum atomic E-state index is -0.209. The molecule has 6 heteroatoms. The number of hydrogen-bond donors (Lipinski definition) is 1. The third-order valence-electron chi connectivity index (χ3n) is 2.91. The Morgan fingerprint density at radius 3 is 3.16 bits per heavy atom. The normalized spacial score (nSPS) is 18.5. The number of rotatable bonds is 5. The van der Waals surface area contributed by atoms with E-state index in [1.54, 1.807) is 13.1 Å². The summed E-state index contributed by atoms with van der Waals surface area (Å²) in [7, 11) is 0. The van der Waals surface area contributed by atoms with E-state index in [9.17, 15) is 4.79 Å². The minimum absolute atomic E-state index is 0.0162. The fraction of sp³-hybridized carbons (Fsp3) is 0.615. The summed E-state index contributed by atoms with van der Waals surface area (Å²) in [6.45, 7) is 4.91. The predicted molar refractivity (Wildman–Crippen MR) is 69.9 cm³/mol. The lowest BCUT2D eigenvalue weighted by molar-refractivity contribution is -0.121. The fourth-order valence-corrected chi connectivity index (χ4v) is 1.88. The molecule has 1 amide bonds. The molecular formula is C13H19N3O3. The number of hydrogen-bond acceptors (Lipinski definition) is 5. The molecule has 1 aliphatic rings. The van der Waals surface area contributed by atoms with E-state index in [0.717, 1.165) is 25.0 Å². The van der Waals surface area contributed by atoms with E-state index in [1.807, 2.05) is 6.92 Å². The van der Waals surface area contributed by atoms with Crippen molar-refractivity contribution >= 4 is 11.7 Å². The molecule has 0 aliphatic carbocycles. The molecule has 2 heterocycles. The summed E-state index contributed by atoms with van der Waals surface area (Å²) in [6.07, 6.45) is 3.90. The van der Waals surface area contributed by atoms with Crippen LogP contribution in [0.25, 0.3) is 0 Å². The first-order chi connectivity index (χ1) is 9.15. The molecule has 2 rings (SSSR count). The van der Waals surface area contributed by atoms with Gasteiger partial charge in [-0.2, -0.15) is 0 Å². The lowest BCUT2D eigenvalue weighted by Gasteiger charge is -2.11. The average molecular weight is 265 g/mol. The van der Waals surface area contributed by atoms with Gasteiger partial charge in [-0.15, -0.1) is 0 Å². The van der Waals surface area contributed by atoms with Crippen molar-refractivity contribution < 1.29 is 14.3 Å². The second kappa shape index (κ2) is 6.58. The number of carbonyl (C=O) groups excluding carboxylic acids is 1. The molecule has 1 N–H and O–H groups in total. The number of ether oxygens (including phenoxy) is 2.